The third-order valence-electron chi connectivity index (χ3n) is 3.93. The molecule has 3 aromatic rings. The van der Waals surface area contributed by atoms with Gasteiger partial charge in [0.2, 0.25) is 0 Å². The SMILES string of the molecule is Cc1c(C=O)cc(-c2ccccc2)n1-c1ccccc1C(F)(F)F. The number of rotatable bonds is 3. The number of aldehydes is 1. The van der Waals surface area contributed by atoms with Gasteiger partial charge >= 0.3 is 6.18 Å². The van der Waals surface area contributed by atoms with Crippen LogP contribution in [-0.4, -0.2) is 10.9 Å². The van der Waals surface area contributed by atoms with Crippen molar-refractivity contribution in [2.75, 3.05) is 0 Å². The molecule has 0 atom stereocenters. The minimum atomic E-state index is -4.48. The number of carbonyl (C=O) groups excluding carboxylic acids is 1. The van der Waals surface area contributed by atoms with Gasteiger partial charge in [0.25, 0.3) is 0 Å². The molecule has 0 aliphatic heterocycles. The lowest BCUT2D eigenvalue weighted by atomic mass is 10.1. The summed E-state index contributed by atoms with van der Waals surface area (Å²) in [4.78, 5) is 11.3. The van der Waals surface area contributed by atoms with E-state index in [0.29, 0.717) is 23.2 Å². The highest BCUT2D eigenvalue weighted by atomic mass is 19.4. The fourth-order valence-corrected chi connectivity index (χ4v) is 2.79. The number of nitrogens with zero attached hydrogens (tertiary/aromatic N) is 1. The van der Waals surface area contributed by atoms with Gasteiger partial charge in [0.15, 0.2) is 6.29 Å². The summed E-state index contributed by atoms with van der Waals surface area (Å²) in [5, 5.41) is 0. The summed E-state index contributed by atoms with van der Waals surface area (Å²) in [6, 6.07) is 16.0. The van der Waals surface area contributed by atoms with Crippen molar-refractivity contribution >= 4 is 6.29 Å². The lowest BCUT2D eigenvalue weighted by molar-refractivity contribution is -0.137. The largest absolute Gasteiger partial charge is 0.418 e. The van der Waals surface area contributed by atoms with E-state index in [-0.39, 0.29) is 5.69 Å². The highest BCUT2D eigenvalue weighted by Crippen LogP contribution is 2.37. The van der Waals surface area contributed by atoms with Gasteiger partial charge in [0.1, 0.15) is 0 Å². The molecule has 0 fully saturated rings. The van der Waals surface area contributed by atoms with Gasteiger partial charge in [-0.3, -0.25) is 4.79 Å². The molecule has 0 amide bonds. The first-order chi connectivity index (χ1) is 11.4. The first-order valence-corrected chi connectivity index (χ1v) is 7.33. The summed E-state index contributed by atoms with van der Waals surface area (Å²) < 4.78 is 41.7. The van der Waals surface area contributed by atoms with Crippen LogP contribution < -0.4 is 0 Å². The van der Waals surface area contributed by atoms with Gasteiger partial charge < -0.3 is 4.57 Å². The van der Waals surface area contributed by atoms with Crippen molar-refractivity contribution in [2.24, 2.45) is 0 Å². The van der Waals surface area contributed by atoms with E-state index in [9.17, 15) is 18.0 Å². The van der Waals surface area contributed by atoms with Gasteiger partial charge in [0, 0.05) is 11.3 Å². The van der Waals surface area contributed by atoms with Gasteiger partial charge in [-0.1, -0.05) is 42.5 Å². The first-order valence-electron chi connectivity index (χ1n) is 7.33. The molecular formula is C19H14F3NO. The average molecular weight is 329 g/mol. The number of halogens is 3. The molecule has 0 saturated heterocycles. The second-order valence-corrected chi connectivity index (χ2v) is 5.40. The van der Waals surface area contributed by atoms with Crippen LogP contribution in [0.3, 0.4) is 0 Å². The zero-order valence-electron chi connectivity index (χ0n) is 12.8. The van der Waals surface area contributed by atoms with E-state index in [1.165, 1.54) is 16.7 Å². The molecule has 0 N–H and O–H groups in total. The van der Waals surface area contributed by atoms with Gasteiger partial charge in [0.05, 0.1) is 16.9 Å². The Hall–Kier alpha value is -2.82. The minimum absolute atomic E-state index is 0.00875. The Balaban J connectivity index is 2.34. The summed E-state index contributed by atoms with van der Waals surface area (Å²) in [6.07, 6.45) is -3.82. The van der Waals surface area contributed by atoms with Crippen LogP contribution >= 0.6 is 0 Å². The molecule has 0 aliphatic carbocycles. The Kier molecular flexibility index (Phi) is 4.01. The Labute approximate surface area is 137 Å². The number of carbonyl (C=O) groups is 1. The Bertz CT molecular complexity index is 879. The third-order valence-corrected chi connectivity index (χ3v) is 3.93. The lowest BCUT2D eigenvalue weighted by Crippen LogP contribution is -2.12. The molecule has 0 bridgehead atoms. The highest BCUT2D eigenvalue weighted by Gasteiger charge is 2.34. The predicted molar refractivity (Wildman–Crippen MR) is 86.3 cm³/mol. The molecule has 122 valence electrons. The van der Waals surface area contributed by atoms with E-state index in [4.69, 9.17) is 0 Å². The zero-order valence-corrected chi connectivity index (χ0v) is 12.8. The summed E-state index contributed by atoms with van der Waals surface area (Å²) in [6.45, 7) is 1.64. The van der Waals surface area contributed by atoms with Gasteiger partial charge in [-0.05, 0) is 30.7 Å². The van der Waals surface area contributed by atoms with E-state index in [1.807, 2.05) is 6.07 Å². The van der Waals surface area contributed by atoms with E-state index < -0.39 is 11.7 Å². The molecule has 2 aromatic carbocycles. The maximum absolute atomic E-state index is 13.4. The summed E-state index contributed by atoms with van der Waals surface area (Å²) in [7, 11) is 0. The quantitative estimate of drug-likeness (QED) is 0.599. The van der Waals surface area contributed by atoms with Crippen LogP contribution in [0.1, 0.15) is 21.6 Å². The predicted octanol–water partition coefficient (Wildman–Crippen LogP) is 5.28. The Morgan fingerprint density at radius 3 is 2.21 bits per heavy atom. The first kappa shape index (κ1) is 16.1. The molecule has 1 aromatic heterocycles. The number of hydrogen-bond donors (Lipinski definition) is 0. The van der Waals surface area contributed by atoms with E-state index in [2.05, 4.69) is 0 Å². The average Bonchev–Trinajstić information content (AvgIpc) is 2.91. The van der Waals surface area contributed by atoms with Crippen molar-refractivity contribution in [1.82, 2.24) is 4.57 Å². The van der Waals surface area contributed by atoms with Crippen molar-refractivity contribution in [3.63, 3.8) is 0 Å². The van der Waals surface area contributed by atoms with Crippen molar-refractivity contribution in [2.45, 2.75) is 13.1 Å². The van der Waals surface area contributed by atoms with E-state index in [0.717, 1.165) is 11.6 Å². The van der Waals surface area contributed by atoms with Crippen LogP contribution in [0, 0.1) is 6.92 Å². The smallest absolute Gasteiger partial charge is 0.313 e. The van der Waals surface area contributed by atoms with E-state index in [1.54, 1.807) is 43.3 Å². The van der Waals surface area contributed by atoms with Crippen molar-refractivity contribution in [3.05, 3.63) is 77.5 Å². The van der Waals surface area contributed by atoms with Crippen LogP contribution in [0.15, 0.2) is 60.7 Å². The third kappa shape index (κ3) is 2.73. The highest BCUT2D eigenvalue weighted by molar-refractivity contribution is 5.82. The van der Waals surface area contributed by atoms with Gasteiger partial charge in [-0.2, -0.15) is 13.2 Å². The molecule has 2 nitrogen and oxygen atoms in total. The molecule has 0 radical (unpaired) electrons. The molecular weight excluding hydrogens is 315 g/mol. The Morgan fingerprint density at radius 1 is 0.958 bits per heavy atom. The lowest BCUT2D eigenvalue weighted by Gasteiger charge is -2.18. The summed E-state index contributed by atoms with van der Waals surface area (Å²) in [5.41, 5.74) is 1.40. The molecule has 24 heavy (non-hydrogen) atoms. The molecule has 0 spiro atoms. The molecule has 5 heteroatoms. The van der Waals surface area contributed by atoms with Crippen molar-refractivity contribution < 1.29 is 18.0 Å². The van der Waals surface area contributed by atoms with Crippen molar-refractivity contribution in [1.29, 1.82) is 0 Å². The topological polar surface area (TPSA) is 22.0 Å². The molecule has 1 heterocycles. The number of aromatic nitrogens is 1. The summed E-state index contributed by atoms with van der Waals surface area (Å²) in [5.74, 6) is 0. The van der Waals surface area contributed by atoms with E-state index >= 15 is 0 Å². The maximum atomic E-state index is 13.4. The fraction of sp³-hybridized carbons (Fsp3) is 0.105. The number of benzene rings is 2. The maximum Gasteiger partial charge on any atom is 0.418 e. The van der Waals surface area contributed by atoms with Crippen molar-refractivity contribution in [3.8, 4) is 16.9 Å². The second-order valence-electron chi connectivity index (χ2n) is 5.40. The molecule has 0 saturated carbocycles. The van der Waals surface area contributed by atoms with Crippen LogP contribution in [0.2, 0.25) is 0 Å². The van der Waals surface area contributed by atoms with Crippen LogP contribution in [0.25, 0.3) is 16.9 Å². The minimum Gasteiger partial charge on any atom is -0.313 e. The zero-order chi connectivity index (χ0) is 17.3. The van der Waals surface area contributed by atoms with Crippen LogP contribution in [-0.2, 0) is 6.18 Å². The van der Waals surface area contributed by atoms with Crippen LogP contribution in [0.4, 0.5) is 13.2 Å². The Morgan fingerprint density at radius 2 is 1.58 bits per heavy atom. The fourth-order valence-electron chi connectivity index (χ4n) is 2.79. The molecule has 0 aliphatic rings. The normalized spacial score (nSPS) is 11.5. The standard InChI is InChI=1S/C19H14F3NO/c1-13-15(12-24)11-18(14-7-3-2-4-8-14)23(13)17-10-6-5-9-16(17)19(20,21)22/h2-12H,1H3. The second kappa shape index (κ2) is 6.00. The number of hydrogen-bond acceptors (Lipinski definition) is 1. The number of alkyl halides is 3. The van der Waals surface area contributed by atoms with Gasteiger partial charge in [-0.25, -0.2) is 0 Å². The molecule has 3 rings (SSSR count). The monoisotopic (exact) mass is 329 g/mol. The van der Waals surface area contributed by atoms with Gasteiger partial charge in [-0.15, -0.1) is 0 Å². The summed E-state index contributed by atoms with van der Waals surface area (Å²) >= 11 is 0. The number of para-hydroxylation sites is 1. The molecule has 0 unspecified atom stereocenters. The van der Waals surface area contributed by atoms with Crippen LogP contribution in [0.5, 0.6) is 0 Å².